The molecule has 0 N–H and O–H groups in total. The predicted molar refractivity (Wildman–Crippen MR) is 152 cm³/mol. The molecule has 198 valence electrons. The Morgan fingerprint density at radius 1 is 0.795 bits per heavy atom. The van der Waals surface area contributed by atoms with Crippen molar-refractivity contribution in [2.45, 2.75) is 23.6 Å². The summed E-state index contributed by atoms with van der Waals surface area (Å²) in [7, 11) is 0. The summed E-state index contributed by atoms with van der Waals surface area (Å²) in [4.78, 5) is 45.6. The molecule has 0 unspecified atom stereocenters. The number of carbonyl (C=O) groups excluding carboxylic acids is 3. The van der Waals surface area contributed by atoms with Crippen LogP contribution in [0.5, 0.6) is 0 Å². The van der Waals surface area contributed by atoms with Gasteiger partial charge in [0.2, 0.25) is 5.78 Å². The fraction of sp³-hybridized carbons (Fsp3) is 0.161. The fourth-order valence-electron chi connectivity index (χ4n) is 3.99. The molecule has 0 aliphatic rings. The molecule has 0 saturated carbocycles. The zero-order valence-electron chi connectivity index (χ0n) is 21.6. The molecule has 0 saturated heterocycles. The number of carbonyl (C=O) groups is 3. The second kappa shape index (κ2) is 13.0. The van der Waals surface area contributed by atoms with Gasteiger partial charge < -0.3 is 4.90 Å². The standard InChI is InChI=1S/C31H27FN2O4S/c1-3-34(4-2)31(37)38-33-28(20-32)30(36)23-14-18-25(19-15-23)39-24-16-12-22(13-17-24)29(35)27-11-7-9-21-8-5-6-10-26(21)27/h5-19H,3-4,20H2,1-2H3/b33-28+. The molecule has 0 atom stereocenters. The van der Waals surface area contributed by atoms with Crippen LogP contribution in [0.25, 0.3) is 10.8 Å². The van der Waals surface area contributed by atoms with E-state index in [1.807, 2.05) is 54.6 Å². The molecule has 0 aliphatic carbocycles. The minimum atomic E-state index is -1.16. The molecule has 0 radical (unpaired) electrons. The Kier molecular flexibility index (Phi) is 9.22. The number of hydrogen-bond acceptors (Lipinski definition) is 6. The number of rotatable bonds is 10. The first-order chi connectivity index (χ1) is 18.9. The molecular weight excluding hydrogens is 515 g/mol. The van der Waals surface area contributed by atoms with E-state index in [2.05, 4.69) is 5.16 Å². The molecule has 39 heavy (non-hydrogen) atoms. The zero-order chi connectivity index (χ0) is 27.8. The highest BCUT2D eigenvalue weighted by Gasteiger charge is 2.18. The second-order valence-electron chi connectivity index (χ2n) is 8.54. The first kappa shape index (κ1) is 27.7. The summed E-state index contributed by atoms with van der Waals surface area (Å²) in [6.45, 7) is 3.20. The Balaban J connectivity index is 1.42. The average molecular weight is 543 g/mol. The molecule has 4 aromatic carbocycles. The van der Waals surface area contributed by atoms with E-state index < -0.39 is 24.3 Å². The molecule has 0 aliphatic heterocycles. The van der Waals surface area contributed by atoms with E-state index in [0.717, 1.165) is 20.6 Å². The van der Waals surface area contributed by atoms with Crippen LogP contribution in [0.4, 0.5) is 9.18 Å². The van der Waals surface area contributed by atoms with Crippen LogP contribution in [0.2, 0.25) is 0 Å². The van der Waals surface area contributed by atoms with Crippen molar-refractivity contribution in [3.8, 4) is 0 Å². The van der Waals surface area contributed by atoms with Crippen molar-refractivity contribution < 1.29 is 23.6 Å². The van der Waals surface area contributed by atoms with Crippen molar-refractivity contribution in [2.24, 2.45) is 5.16 Å². The van der Waals surface area contributed by atoms with Crippen molar-refractivity contribution in [1.82, 2.24) is 4.90 Å². The molecule has 4 aromatic rings. The lowest BCUT2D eigenvalue weighted by Crippen LogP contribution is -2.30. The summed E-state index contributed by atoms with van der Waals surface area (Å²) in [5.74, 6) is -0.697. The number of nitrogens with zero attached hydrogens (tertiary/aromatic N) is 2. The lowest BCUT2D eigenvalue weighted by Gasteiger charge is -2.15. The number of benzene rings is 4. The Morgan fingerprint density at radius 2 is 1.38 bits per heavy atom. The fourth-order valence-corrected chi connectivity index (χ4v) is 4.81. The largest absolute Gasteiger partial charge is 0.435 e. The third kappa shape index (κ3) is 6.59. The van der Waals surface area contributed by atoms with Crippen LogP contribution < -0.4 is 0 Å². The lowest BCUT2D eigenvalue weighted by atomic mass is 9.97. The van der Waals surface area contributed by atoms with E-state index in [1.165, 1.54) is 16.7 Å². The van der Waals surface area contributed by atoms with Gasteiger partial charge in [-0.3, -0.25) is 14.4 Å². The number of oxime groups is 1. The summed E-state index contributed by atoms with van der Waals surface area (Å²) in [6, 6.07) is 27.5. The molecular formula is C31H27FN2O4S. The van der Waals surface area contributed by atoms with Gasteiger partial charge in [-0.1, -0.05) is 59.4 Å². The normalized spacial score (nSPS) is 11.3. The maximum absolute atomic E-state index is 13.5. The molecule has 4 rings (SSSR count). The highest BCUT2D eigenvalue weighted by molar-refractivity contribution is 7.99. The Bertz CT molecular complexity index is 1510. The zero-order valence-corrected chi connectivity index (χ0v) is 22.4. The molecule has 8 heteroatoms. The van der Waals surface area contributed by atoms with E-state index >= 15 is 0 Å². The van der Waals surface area contributed by atoms with Gasteiger partial charge in [0.05, 0.1) is 0 Å². The first-order valence-electron chi connectivity index (χ1n) is 12.5. The van der Waals surface area contributed by atoms with Crippen molar-refractivity contribution in [3.63, 3.8) is 0 Å². The smallest absolute Gasteiger partial charge is 0.307 e. The third-order valence-electron chi connectivity index (χ3n) is 6.15. The molecule has 6 nitrogen and oxygen atoms in total. The first-order valence-corrected chi connectivity index (χ1v) is 13.3. The number of ketones is 2. The summed E-state index contributed by atoms with van der Waals surface area (Å²) >= 11 is 1.46. The summed E-state index contributed by atoms with van der Waals surface area (Å²) in [5, 5.41) is 5.39. The lowest BCUT2D eigenvalue weighted by molar-refractivity contribution is 0.101. The third-order valence-corrected chi connectivity index (χ3v) is 7.16. The second-order valence-corrected chi connectivity index (χ2v) is 9.68. The van der Waals surface area contributed by atoms with Crippen molar-refractivity contribution >= 4 is 45.9 Å². The Morgan fingerprint density at radius 3 is 2.00 bits per heavy atom. The van der Waals surface area contributed by atoms with Crippen molar-refractivity contribution in [2.75, 3.05) is 19.8 Å². The number of fused-ring (bicyclic) bond motifs is 1. The minimum absolute atomic E-state index is 0.0423. The van der Waals surface area contributed by atoms with Crippen molar-refractivity contribution in [1.29, 1.82) is 0 Å². The minimum Gasteiger partial charge on any atom is -0.307 e. The highest BCUT2D eigenvalue weighted by Crippen LogP contribution is 2.29. The average Bonchev–Trinajstić information content (AvgIpc) is 2.98. The number of Topliss-reactive ketones (excluding diaryl/α,β-unsaturated/α-hetero) is 1. The van der Waals surface area contributed by atoms with Gasteiger partial charge in [-0.05, 0) is 73.2 Å². The van der Waals surface area contributed by atoms with Crippen molar-refractivity contribution in [3.05, 3.63) is 108 Å². The molecule has 0 bridgehead atoms. The van der Waals surface area contributed by atoms with Gasteiger partial charge in [0.25, 0.3) is 0 Å². The van der Waals surface area contributed by atoms with Crippen LogP contribution in [0.1, 0.15) is 40.1 Å². The maximum atomic E-state index is 13.5. The molecule has 0 spiro atoms. The summed E-state index contributed by atoms with van der Waals surface area (Å²) < 4.78 is 13.5. The Hall–Kier alpha value is -4.30. The van der Waals surface area contributed by atoms with Crippen LogP contribution in [0, 0.1) is 0 Å². The van der Waals surface area contributed by atoms with Gasteiger partial charge in [0.15, 0.2) is 11.5 Å². The van der Waals surface area contributed by atoms with Gasteiger partial charge in [0, 0.05) is 39.6 Å². The van der Waals surface area contributed by atoms with Gasteiger partial charge in [0.1, 0.15) is 6.67 Å². The van der Waals surface area contributed by atoms with Gasteiger partial charge in [-0.2, -0.15) is 0 Å². The molecule has 0 aromatic heterocycles. The topological polar surface area (TPSA) is 76.0 Å². The van der Waals surface area contributed by atoms with Crippen LogP contribution in [0.15, 0.2) is 106 Å². The van der Waals surface area contributed by atoms with E-state index in [1.54, 1.807) is 50.2 Å². The van der Waals surface area contributed by atoms with Crippen LogP contribution in [0.3, 0.4) is 0 Å². The quantitative estimate of drug-likeness (QED) is 0.0916. The highest BCUT2D eigenvalue weighted by atomic mass is 32.2. The van der Waals surface area contributed by atoms with Crippen LogP contribution >= 0.6 is 11.8 Å². The molecule has 0 heterocycles. The number of alkyl halides is 1. The number of amides is 1. The van der Waals surface area contributed by atoms with Gasteiger partial charge in [-0.25, -0.2) is 9.18 Å². The number of halogens is 1. The SMILES string of the molecule is CCN(CC)C(=O)O/N=C(\CF)C(=O)c1ccc(Sc2ccc(C(=O)c3cccc4ccccc34)cc2)cc1. The van der Waals surface area contributed by atoms with E-state index in [-0.39, 0.29) is 11.3 Å². The van der Waals surface area contributed by atoms with E-state index in [0.29, 0.717) is 24.2 Å². The summed E-state index contributed by atoms with van der Waals surface area (Å²) in [6.07, 6.45) is -0.740. The van der Waals surface area contributed by atoms with Crippen LogP contribution in [-0.2, 0) is 4.84 Å². The van der Waals surface area contributed by atoms with Gasteiger partial charge >= 0.3 is 6.09 Å². The molecule has 0 fully saturated rings. The monoisotopic (exact) mass is 542 g/mol. The van der Waals surface area contributed by atoms with E-state index in [4.69, 9.17) is 4.84 Å². The summed E-state index contributed by atoms with van der Waals surface area (Å²) in [5.41, 5.74) is 0.997. The maximum Gasteiger partial charge on any atom is 0.435 e. The van der Waals surface area contributed by atoms with Gasteiger partial charge in [-0.15, -0.1) is 0 Å². The predicted octanol–water partition coefficient (Wildman–Crippen LogP) is 7.21. The number of hydrogen-bond donors (Lipinski definition) is 0. The molecule has 1 amide bonds. The van der Waals surface area contributed by atoms with Crippen LogP contribution in [-0.4, -0.2) is 48.0 Å². The van der Waals surface area contributed by atoms with E-state index in [9.17, 15) is 18.8 Å². The Labute approximate surface area is 230 Å².